The minimum absolute atomic E-state index is 0.0197. The zero-order valence-electron chi connectivity index (χ0n) is 19.7. The average molecular weight is 556 g/mol. The Kier molecular flexibility index (Phi) is 7.68. The topological polar surface area (TPSA) is 181 Å². The van der Waals surface area contributed by atoms with E-state index in [9.17, 15) is 25.9 Å². The van der Waals surface area contributed by atoms with E-state index in [-0.39, 0.29) is 39.6 Å². The van der Waals surface area contributed by atoms with E-state index in [0.29, 0.717) is 5.69 Å². The predicted octanol–water partition coefficient (Wildman–Crippen LogP) is 4.03. The lowest BCUT2D eigenvalue weighted by Gasteiger charge is -2.13. The molecule has 1 aromatic heterocycles. The van der Waals surface area contributed by atoms with E-state index in [2.05, 4.69) is 25.6 Å². The molecule has 0 saturated heterocycles. The van der Waals surface area contributed by atoms with E-state index in [1.807, 2.05) is 18.2 Å². The molecule has 0 fully saturated rings. The second kappa shape index (κ2) is 10.9. The lowest BCUT2D eigenvalue weighted by molar-refractivity contribution is 0.380. The van der Waals surface area contributed by atoms with Crippen LogP contribution in [0.5, 0.6) is 6.01 Å². The highest BCUT2D eigenvalue weighted by Gasteiger charge is 2.21. The Morgan fingerprint density at radius 2 is 1.32 bits per heavy atom. The van der Waals surface area contributed by atoms with Crippen molar-refractivity contribution in [2.45, 2.75) is 9.79 Å². The number of hydrogen-bond acceptors (Lipinski definition) is 10. The minimum atomic E-state index is -4.80. The van der Waals surface area contributed by atoms with E-state index in [1.54, 1.807) is 18.2 Å². The summed E-state index contributed by atoms with van der Waals surface area (Å²) in [6, 6.07) is 18.9. The standard InChI is InChI=1S/C24H21N5O7S2/c1-36-24-28-22(25-18-10-3-2-4-11-18)27-23(29-24)26-19-12-7-9-17(21(19)38(33,34)35)15-14-16-8-5-6-13-20(16)37(30,31)32/h2-15H,1H3,(H,30,31,32)(H,33,34,35)(H2,25,26,27,28,29). The molecule has 4 rings (SSSR count). The molecule has 0 radical (unpaired) electrons. The van der Waals surface area contributed by atoms with E-state index in [4.69, 9.17) is 4.74 Å². The first kappa shape index (κ1) is 26.7. The van der Waals surface area contributed by atoms with Crippen molar-refractivity contribution >= 4 is 55.7 Å². The van der Waals surface area contributed by atoms with Gasteiger partial charge in [-0.1, -0.05) is 60.7 Å². The summed E-state index contributed by atoms with van der Waals surface area (Å²) in [5.74, 6) is 0.0230. The molecule has 0 saturated carbocycles. The number of methoxy groups -OCH3 is 1. The molecule has 4 aromatic rings. The average Bonchev–Trinajstić information content (AvgIpc) is 2.87. The van der Waals surface area contributed by atoms with E-state index >= 15 is 0 Å². The van der Waals surface area contributed by atoms with Gasteiger partial charge < -0.3 is 15.4 Å². The monoisotopic (exact) mass is 555 g/mol. The van der Waals surface area contributed by atoms with Gasteiger partial charge in [-0.15, -0.1) is 0 Å². The van der Waals surface area contributed by atoms with Crippen LogP contribution in [0.4, 0.5) is 23.3 Å². The number of hydrogen-bond donors (Lipinski definition) is 4. The van der Waals surface area contributed by atoms with Crippen molar-refractivity contribution < 1.29 is 30.7 Å². The molecule has 38 heavy (non-hydrogen) atoms. The van der Waals surface area contributed by atoms with Gasteiger partial charge in [-0.25, -0.2) is 0 Å². The molecule has 196 valence electrons. The molecule has 0 aliphatic heterocycles. The lowest BCUT2D eigenvalue weighted by atomic mass is 10.1. The summed E-state index contributed by atoms with van der Waals surface area (Å²) < 4.78 is 72.8. The van der Waals surface area contributed by atoms with Crippen LogP contribution in [0.2, 0.25) is 0 Å². The van der Waals surface area contributed by atoms with Crippen molar-refractivity contribution in [3.63, 3.8) is 0 Å². The van der Waals surface area contributed by atoms with E-state index in [0.717, 1.165) is 0 Å². The second-order valence-corrected chi connectivity index (χ2v) is 10.4. The highest BCUT2D eigenvalue weighted by Crippen LogP contribution is 2.30. The lowest BCUT2D eigenvalue weighted by Crippen LogP contribution is -2.09. The van der Waals surface area contributed by atoms with Gasteiger partial charge in [-0.2, -0.15) is 31.8 Å². The number of anilines is 4. The van der Waals surface area contributed by atoms with Crippen LogP contribution in [0.25, 0.3) is 12.2 Å². The normalized spacial score (nSPS) is 11.9. The first-order valence-corrected chi connectivity index (χ1v) is 13.7. The Bertz CT molecular complexity index is 1710. The zero-order chi connectivity index (χ0) is 27.3. The molecule has 0 aliphatic rings. The van der Waals surface area contributed by atoms with Crippen LogP contribution in [0.15, 0.2) is 82.6 Å². The number of ether oxygens (including phenoxy) is 1. The maximum absolute atomic E-state index is 12.4. The van der Waals surface area contributed by atoms with Crippen molar-refractivity contribution in [1.29, 1.82) is 0 Å². The van der Waals surface area contributed by atoms with Crippen molar-refractivity contribution in [1.82, 2.24) is 15.0 Å². The maximum Gasteiger partial charge on any atom is 0.322 e. The molecule has 0 atom stereocenters. The Balaban J connectivity index is 1.74. The molecule has 4 N–H and O–H groups in total. The molecule has 0 unspecified atom stereocenters. The minimum Gasteiger partial charge on any atom is -0.467 e. The smallest absolute Gasteiger partial charge is 0.322 e. The van der Waals surface area contributed by atoms with Crippen molar-refractivity contribution in [2.75, 3.05) is 17.7 Å². The summed E-state index contributed by atoms with van der Waals surface area (Å²) in [5, 5.41) is 5.75. The first-order chi connectivity index (χ1) is 18.0. The fourth-order valence-electron chi connectivity index (χ4n) is 3.44. The van der Waals surface area contributed by atoms with Crippen LogP contribution in [0, 0.1) is 0 Å². The summed E-state index contributed by atoms with van der Waals surface area (Å²) in [6.45, 7) is 0. The number of nitrogens with zero attached hydrogens (tertiary/aromatic N) is 3. The van der Waals surface area contributed by atoms with Gasteiger partial charge in [-0.05, 0) is 35.4 Å². The Morgan fingerprint density at radius 3 is 1.97 bits per heavy atom. The molecule has 1 heterocycles. The van der Waals surface area contributed by atoms with Gasteiger partial charge in [0.15, 0.2) is 0 Å². The molecule has 0 spiro atoms. The quantitative estimate of drug-likeness (QED) is 0.172. The van der Waals surface area contributed by atoms with E-state index in [1.165, 1.54) is 55.7 Å². The highest BCUT2D eigenvalue weighted by atomic mass is 32.2. The number of benzene rings is 3. The number of aromatic nitrogens is 3. The second-order valence-electron chi connectivity index (χ2n) is 7.63. The SMILES string of the molecule is COc1nc(Nc2ccccc2)nc(Nc2cccc(C=Cc3ccccc3S(=O)(=O)O)c2S(=O)(=O)O)n1. The number of para-hydroxylation sites is 1. The van der Waals surface area contributed by atoms with Crippen molar-refractivity contribution in [3.8, 4) is 6.01 Å². The first-order valence-electron chi connectivity index (χ1n) is 10.8. The van der Waals surface area contributed by atoms with Crippen molar-refractivity contribution in [3.05, 3.63) is 83.9 Å². The van der Waals surface area contributed by atoms with Gasteiger partial charge in [0, 0.05) is 5.69 Å². The Labute approximate surface area is 218 Å². The molecular formula is C24H21N5O7S2. The van der Waals surface area contributed by atoms with Gasteiger partial charge in [0.25, 0.3) is 20.2 Å². The third kappa shape index (κ3) is 6.49. The van der Waals surface area contributed by atoms with Crippen LogP contribution in [0.3, 0.4) is 0 Å². The molecule has 14 heteroatoms. The molecule has 3 aromatic carbocycles. The van der Waals surface area contributed by atoms with E-state index < -0.39 is 25.1 Å². The highest BCUT2D eigenvalue weighted by molar-refractivity contribution is 7.86. The van der Waals surface area contributed by atoms with Crippen LogP contribution in [0.1, 0.15) is 11.1 Å². The molecule has 0 bridgehead atoms. The predicted molar refractivity (Wildman–Crippen MR) is 141 cm³/mol. The summed E-state index contributed by atoms with van der Waals surface area (Å²) in [4.78, 5) is 11.6. The van der Waals surface area contributed by atoms with Crippen LogP contribution in [-0.2, 0) is 20.2 Å². The fourth-order valence-corrected chi connectivity index (χ4v) is 4.95. The van der Waals surface area contributed by atoms with Gasteiger partial charge in [-0.3, -0.25) is 9.11 Å². The van der Waals surface area contributed by atoms with Gasteiger partial charge in [0.05, 0.1) is 12.8 Å². The van der Waals surface area contributed by atoms with Gasteiger partial charge in [0.1, 0.15) is 9.79 Å². The molecule has 0 amide bonds. The largest absolute Gasteiger partial charge is 0.467 e. The fraction of sp³-hybridized carbons (Fsp3) is 0.0417. The molecule has 12 nitrogen and oxygen atoms in total. The third-order valence-corrected chi connectivity index (χ3v) is 6.92. The molecule has 0 aliphatic carbocycles. The molecular weight excluding hydrogens is 534 g/mol. The number of nitrogens with one attached hydrogen (secondary N) is 2. The van der Waals surface area contributed by atoms with Crippen LogP contribution >= 0.6 is 0 Å². The summed E-state index contributed by atoms with van der Waals surface area (Å²) in [6.07, 6.45) is 2.58. The number of rotatable bonds is 9. The Hall–Kier alpha value is -4.37. The van der Waals surface area contributed by atoms with Crippen molar-refractivity contribution in [2.24, 2.45) is 0 Å². The zero-order valence-corrected chi connectivity index (χ0v) is 21.3. The Morgan fingerprint density at radius 1 is 0.711 bits per heavy atom. The van der Waals surface area contributed by atoms with Crippen LogP contribution in [-0.4, -0.2) is 48.0 Å². The van der Waals surface area contributed by atoms with Gasteiger partial charge in [0.2, 0.25) is 11.9 Å². The maximum atomic E-state index is 12.4. The third-order valence-electron chi connectivity index (χ3n) is 5.02. The van der Waals surface area contributed by atoms with Crippen LogP contribution < -0.4 is 15.4 Å². The summed E-state index contributed by atoms with van der Waals surface area (Å²) in [7, 11) is -7.98. The van der Waals surface area contributed by atoms with Gasteiger partial charge >= 0.3 is 6.01 Å². The summed E-state index contributed by atoms with van der Waals surface area (Å²) in [5.41, 5.74) is 0.735. The summed E-state index contributed by atoms with van der Waals surface area (Å²) >= 11 is 0.